The predicted octanol–water partition coefficient (Wildman–Crippen LogP) is 1.91. The monoisotopic (exact) mass is 262 g/mol. The second kappa shape index (κ2) is 3.92. The van der Waals surface area contributed by atoms with E-state index in [1.165, 1.54) is 6.07 Å². The van der Waals surface area contributed by atoms with E-state index < -0.39 is 10.7 Å². The van der Waals surface area contributed by atoms with Gasteiger partial charge in [-0.25, -0.2) is 18.4 Å². The van der Waals surface area contributed by atoms with E-state index in [4.69, 9.17) is 23.2 Å². The SMILES string of the molecule is O=[SH](=O)c1cccc2nc(Cl)c(Cl)nc12. The highest BCUT2D eigenvalue weighted by Crippen LogP contribution is 2.23. The van der Waals surface area contributed by atoms with E-state index in [1.807, 2.05) is 0 Å². The summed E-state index contributed by atoms with van der Waals surface area (Å²) in [6.45, 7) is 0. The first-order valence-corrected chi connectivity index (χ1v) is 5.79. The molecule has 0 aliphatic rings. The number of nitrogens with zero attached hydrogens (tertiary/aromatic N) is 2. The Morgan fingerprint density at radius 3 is 2.40 bits per heavy atom. The molecule has 0 aliphatic carbocycles. The second-order valence-electron chi connectivity index (χ2n) is 2.71. The van der Waals surface area contributed by atoms with Gasteiger partial charge in [0.05, 0.1) is 10.4 Å². The van der Waals surface area contributed by atoms with Crippen molar-refractivity contribution in [1.82, 2.24) is 9.97 Å². The van der Waals surface area contributed by atoms with Gasteiger partial charge in [0.1, 0.15) is 5.52 Å². The number of rotatable bonds is 1. The summed E-state index contributed by atoms with van der Waals surface area (Å²) in [4.78, 5) is 7.90. The molecule has 2 rings (SSSR count). The van der Waals surface area contributed by atoms with Crippen LogP contribution in [-0.2, 0) is 10.7 Å². The smallest absolute Gasteiger partial charge is 0.170 e. The number of thiol groups is 1. The first-order chi connectivity index (χ1) is 7.09. The third kappa shape index (κ3) is 1.90. The Morgan fingerprint density at radius 1 is 1.07 bits per heavy atom. The lowest BCUT2D eigenvalue weighted by Crippen LogP contribution is -1.91. The largest absolute Gasteiger partial charge is 0.231 e. The van der Waals surface area contributed by atoms with Gasteiger partial charge in [-0.15, -0.1) is 0 Å². The fourth-order valence-corrected chi connectivity index (χ4v) is 1.97. The van der Waals surface area contributed by atoms with E-state index in [9.17, 15) is 8.42 Å². The Hall–Kier alpha value is -0.910. The molecule has 2 aromatic rings. The average molecular weight is 263 g/mol. The lowest BCUT2D eigenvalue weighted by molar-refractivity contribution is 0.615. The molecule has 1 aromatic heterocycles. The molecule has 15 heavy (non-hydrogen) atoms. The molecule has 1 aromatic carbocycles. The molecule has 0 saturated carbocycles. The lowest BCUT2D eigenvalue weighted by atomic mass is 10.3. The van der Waals surface area contributed by atoms with Crippen molar-refractivity contribution in [3.8, 4) is 0 Å². The van der Waals surface area contributed by atoms with Crippen LogP contribution in [0.25, 0.3) is 11.0 Å². The van der Waals surface area contributed by atoms with Crippen LogP contribution in [0.3, 0.4) is 0 Å². The highest BCUT2D eigenvalue weighted by atomic mass is 35.5. The number of halogens is 2. The maximum absolute atomic E-state index is 10.9. The topological polar surface area (TPSA) is 59.9 Å². The van der Waals surface area contributed by atoms with E-state index in [2.05, 4.69) is 9.97 Å². The van der Waals surface area contributed by atoms with Crippen molar-refractivity contribution < 1.29 is 8.42 Å². The van der Waals surface area contributed by atoms with Gasteiger partial charge >= 0.3 is 0 Å². The van der Waals surface area contributed by atoms with Crippen molar-refractivity contribution in [2.75, 3.05) is 0 Å². The van der Waals surface area contributed by atoms with Crippen molar-refractivity contribution in [3.63, 3.8) is 0 Å². The molecule has 78 valence electrons. The van der Waals surface area contributed by atoms with Gasteiger partial charge in [-0.3, -0.25) is 0 Å². The van der Waals surface area contributed by atoms with Crippen LogP contribution in [0.2, 0.25) is 10.3 Å². The first kappa shape index (κ1) is 10.6. The summed E-state index contributed by atoms with van der Waals surface area (Å²) in [6, 6.07) is 4.63. The zero-order valence-electron chi connectivity index (χ0n) is 7.15. The van der Waals surface area contributed by atoms with E-state index >= 15 is 0 Å². The summed E-state index contributed by atoms with van der Waals surface area (Å²) in [7, 11) is -2.72. The molecule has 0 radical (unpaired) electrons. The lowest BCUT2D eigenvalue weighted by Gasteiger charge is -2.00. The van der Waals surface area contributed by atoms with Gasteiger partial charge in [0.2, 0.25) is 0 Å². The van der Waals surface area contributed by atoms with Crippen molar-refractivity contribution in [2.45, 2.75) is 4.90 Å². The summed E-state index contributed by atoms with van der Waals surface area (Å²) >= 11 is 11.3. The summed E-state index contributed by atoms with van der Waals surface area (Å²) in [5, 5.41) is 0.0518. The molecule has 0 spiro atoms. The van der Waals surface area contributed by atoms with E-state index in [0.29, 0.717) is 5.52 Å². The molecular weight excluding hydrogens is 259 g/mol. The van der Waals surface area contributed by atoms with Gasteiger partial charge in [-0.05, 0) is 12.1 Å². The number of hydrogen-bond acceptors (Lipinski definition) is 4. The van der Waals surface area contributed by atoms with Crippen LogP contribution < -0.4 is 0 Å². The molecule has 7 heteroatoms. The van der Waals surface area contributed by atoms with Gasteiger partial charge in [0.25, 0.3) is 0 Å². The molecule has 0 bridgehead atoms. The third-order valence-electron chi connectivity index (χ3n) is 1.79. The van der Waals surface area contributed by atoms with Crippen LogP contribution in [0.15, 0.2) is 23.1 Å². The van der Waals surface area contributed by atoms with Gasteiger partial charge in [-0.2, -0.15) is 0 Å². The van der Waals surface area contributed by atoms with E-state index in [-0.39, 0.29) is 20.7 Å². The summed E-state index contributed by atoms with van der Waals surface area (Å²) < 4.78 is 21.8. The fourth-order valence-electron chi connectivity index (χ4n) is 1.17. The standard InChI is InChI=1S/C8H4Cl2N2O2S/c9-7-8(10)12-6-4(11-7)2-1-3-5(6)15(13)14/h1-3,15H. The maximum atomic E-state index is 10.9. The van der Waals surface area contributed by atoms with Gasteiger partial charge in [0.15, 0.2) is 21.0 Å². The van der Waals surface area contributed by atoms with Gasteiger partial charge < -0.3 is 0 Å². The highest BCUT2D eigenvalue weighted by Gasteiger charge is 2.09. The number of hydrogen-bond donors (Lipinski definition) is 1. The molecule has 1 heterocycles. The molecule has 0 unspecified atom stereocenters. The number of aromatic nitrogens is 2. The predicted molar refractivity (Wildman–Crippen MR) is 58.1 cm³/mol. The molecule has 0 N–H and O–H groups in total. The molecule has 0 saturated heterocycles. The minimum absolute atomic E-state index is 0.00605. The minimum atomic E-state index is -2.72. The second-order valence-corrected chi connectivity index (χ2v) is 4.42. The summed E-state index contributed by atoms with van der Waals surface area (Å²) in [6.07, 6.45) is 0. The highest BCUT2D eigenvalue weighted by molar-refractivity contribution is 7.72. The maximum Gasteiger partial charge on any atom is 0.170 e. The Morgan fingerprint density at radius 2 is 1.73 bits per heavy atom. The Bertz CT molecular complexity index is 605. The van der Waals surface area contributed by atoms with Gasteiger partial charge in [0, 0.05) is 0 Å². The molecule has 4 nitrogen and oxygen atoms in total. The van der Waals surface area contributed by atoms with E-state index in [0.717, 1.165) is 0 Å². The van der Waals surface area contributed by atoms with Crippen LogP contribution in [0.4, 0.5) is 0 Å². The molecule has 0 fully saturated rings. The summed E-state index contributed by atoms with van der Waals surface area (Å²) in [5.41, 5.74) is 0.643. The number of benzene rings is 1. The molecule has 0 aliphatic heterocycles. The van der Waals surface area contributed by atoms with Crippen molar-refractivity contribution in [1.29, 1.82) is 0 Å². The fraction of sp³-hybridized carbons (Fsp3) is 0. The normalized spacial score (nSPS) is 11.1. The van der Waals surface area contributed by atoms with Crippen LogP contribution in [0.5, 0.6) is 0 Å². The number of fused-ring (bicyclic) bond motifs is 1. The zero-order valence-corrected chi connectivity index (χ0v) is 9.55. The third-order valence-corrected chi connectivity index (χ3v) is 3.17. The molecule has 0 amide bonds. The summed E-state index contributed by atoms with van der Waals surface area (Å²) in [5.74, 6) is 0. The Labute approximate surface area is 96.8 Å². The molecular formula is C8H4Cl2N2O2S. The zero-order chi connectivity index (χ0) is 11.0. The average Bonchev–Trinajstić information content (AvgIpc) is 2.18. The molecule has 0 atom stereocenters. The van der Waals surface area contributed by atoms with Crippen molar-refractivity contribution in [2.24, 2.45) is 0 Å². The van der Waals surface area contributed by atoms with Crippen LogP contribution in [0, 0.1) is 0 Å². The Balaban J connectivity index is 2.92. The number of para-hydroxylation sites is 1. The first-order valence-electron chi connectivity index (χ1n) is 3.86. The van der Waals surface area contributed by atoms with Crippen LogP contribution in [0.1, 0.15) is 0 Å². The van der Waals surface area contributed by atoms with Crippen molar-refractivity contribution in [3.05, 3.63) is 28.5 Å². The van der Waals surface area contributed by atoms with Crippen molar-refractivity contribution >= 4 is 44.9 Å². The van der Waals surface area contributed by atoms with Gasteiger partial charge in [-0.1, -0.05) is 29.3 Å². The minimum Gasteiger partial charge on any atom is -0.231 e. The van der Waals surface area contributed by atoms with Crippen LogP contribution >= 0.6 is 23.2 Å². The van der Waals surface area contributed by atoms with Crippen LogP contribution in [-0.4, -0.2) is 18.4 Å². The van der Waals surface area contributed by atoms with E-state index in [1.54, 1.807) is 12.1 Å². The quantitative estimate of drug-likeness (QED) is 0.798. The Kier molecular flexibility index (Phi) is 2.77.